The van der Waals surface area contributed by atoms with Crippen LogP contribution in [-0.4, -0.2) is 0 Å². The predicted molar refractivity (Wildman–Crippen MR) is 98.9 cm³/mol. The van der Waals surface area contributed by atoms with Gasteiger partial charge in [0.05, 0.1) is 0 Å². The summed E-state index contributed by atoms with van der Waals surface area (Å²) in [5.74, 6) is 25.0. The molecule has 2 aromatic carbocycles. The third-order valence-corrected chi connectivity index (χ3v) is 3.61. The van der Waals surface area contributed by atoms with Crippen molar-refractivity contribution in [1.82, 2.24) is 0 Å². The average Bonchev–Trinajstić information content (AvgIpc) is 2.62. The van der Waals surface area contributed by atoms with Crippen LogP contribution in [0.3, 0.4) is 0 Å². The van der Waals surface area contributed by atoms with Gasteiger partial charge in [0, 0.05) is 35.1 Å². The van der Waals surface area contributed by atoms with Crippen molar-refractivity contribution in [2.45, 2.75) is 25.7 Å². The molecule has 0 amide bonds. The fraction of sp³-hybridized carbons (Fsp3) is 0.167. The molecule has 1 aliphatic rings. The summed E-state index contributed by atoms with van der Waals surface area (Å²) in [6.45, 7) is 0. The zero-order valence-corrected chi connectivity index (χ0v) is 13.4. The predicted octanol–water partition coefficient (Wildman–Crippen LogP) is 4.37. The van der Waals surface area contributed by atoms with Crippen LogP contribution < -0.4 is 0 Å². The highest BCUT2D eigenvalue weighted by Crippen LogP contribution is 2.08. The lowest BCUT2D eigenvalue weighted by atomic mass is 10.1. The Bertz CT molecular complexity index is 893. The lowest BCUT2D eigenvalue weighted by Crippen LogP contribution is -1.84. The topological polar surface area (TPSA) is 0 Å². The monoisotopic (exact) mass is 304 g/mol. The molecule has 0 radical (unpaired) electrons. The first-order chi connectivity index (χ1) is 11.9. The van der Waals surface area contributed by atoms with Crippen LogP contribution in [0.1, 0.15) is 47.9 Å². The van der Waals surface area contributed by atoms with Gasteiger partial charge in [0.15, 0.2) is 0 Å². The molecule has 0 bridgehead atoms. The van der Waals surface area contributed by atoms with Gasteiger partial charge in [-0.1, -0.05) is 59.8 Å². The van der Waals surface area contributed by atoms with Crippen molar-refractivity contribution < 1.29 is 0 Å². The molecule has 1 aliphatic carbocycles. The molecule has 0 fully saturated rings. The molecular weight excluding hydrogens is 288 g/mol. The molecule has 0 aliphatic heterocycles. The standard InChI is InChI=1S/C24H16/c1-2-4-6-14-22-16-8-10-18-24(22)20-12-11-19-23-17-9-7-15-21(23)13-5-3-1/h7-10,15-18H,1-4H2. The maximum Gasteiger partial charge on any atom is 0.0412 e. The minimum Gasteiger partial charge on any atom is -0.0978 e. The van der Waals surface area contributed by atoms with Crippen LogP contribution >= 0.6 is 0 Å². The van der Waals surface area contributed by atoms with Gasteiger partial charge in [0.2, 0.25) is 0 Å². The minimum atomic E-state index is 0.889. The quantitative estimate of drug-likeness (QED) is 0.634. The largest absolute Gasteiger partial charge is 0.0978 e. The van der Waals surface area contributed by atoms with Crippen LogP contribution in [0.5, 0.6) is 0 Å². The Kier molecular flexibility index (Phi) is 5.42. The summed E-state index contributed by atoms with van der Waals surface area (Å²) in [6, 6.07) is 15.9. The molecule has 0 unspecified atom stereocenters. The summed E-state index contributed by atoms with van der Waals surface area (Å²) in [7, 11) is 0. The molecule has 0 atom stereocenters. The van der Waals surface area contributed by atoms with E-state index in [9.17, 15) is 0 Å². The molecular formula is C24H16. The molecule has 0 nitrogen and oxygen atoms in total. The van der Waals surface area contributed by atoms with Crippen LogP contribution in [0, 0.1) is 47.4 Å². The number of hydrogen-bond donors (Lipinski definition) is 0. The normalized spacial score (nSPS) is 12.3. The Morgan fingerprint density at radius 3 is 1.29 bits per heavy atom. The van der Waals surface area contributed by atoms with Crippen LogP contribution in [-0.2, 0) is 0 Å². The molecule has 24 heavy (non-hydrogen) atoms. The van der Waals surface area contributed by atoms with E-state index >= 15 is 0 Å². The van der Waals surface area contributed by atoms with Gasteiger partial charge in [-0.15, -0.1) is 0 Å². The Balaban J connectivity index is 1.99. The van der Waals surface area contributed by atoms with Gasteiger partial charge in [-0.3, -0.25) is 0 Å². The molecule has 3 rings (SSSR count). The molecule has 2 aromatic rings. The van der Waals surface area contributed by atoms with E-state index in [4.69, 9.17) is 0 Å². The van der Waals surface area contributed by atoms with Gasteiger partial charge < -0.3 is 0 Å². The molecule has 0 heteroatoms. The Morgan fingerprint density at radius 2 is 0.875 bits per heavy atom. The zero-order chi connectivity index (χ0) is 16.5. The average molecular weight is 304 g/mol. The SMILES string of the molecule is C1#Cc2ccccc2C#CCCCCC#Cc2ccccc2C#C1. The van der Waals surface area contributed by atoms with Crippen LogP contribution in [0.4, 0.5) is 0 Å². The van der Waals surface area contributed by atoms with E-state index < -0.39 is 0 Å². The van der Waals surface area contributed by atoms with Gasteiger partial charge in [0.25, 0.3) is 0 Å². The van der Waals surface area contributed by atoms with Crippen molar-refractivity contribution >= 4 is 0 Å². The van der Waals surface area contributed by atoms with Gasteiger partial charge in [-0.05, 0) is 48.9 Å². The Labute approximate surface area is 144 Å². The van der Waals surface area contributed by atoms with Crippen molar-refractivity contribution in [3.8, 4) is 47.4 Å². The molecule has 0 N–H and O–H groups in total. The third-order valence-electron chi connectivity index (χ3n) is 3.61. The van der Waals surface area contributed by atoms with E-state index in [1.165, 1.54) is 0 Å². The van der Waals surface area contributed by atoms with E-state index in [0.29, 0.717) is 0 Å². The number of rotatable bonds is 0. The first-order valence-electron chi connectivity index (χ1n) is 8.11. The fourth-order valence-corrected chi connectivity index (χ4v) is 2.34. The zero-order valence-electron chi connectivity index (χ0n) is 13.4. The van der Waals surface area contributed by atoms with Crippen LogP contribution in [0.15, 0.2) is 48.5 Å². The second-order valence-corrected chi connectivity index (χ2v) is 5.40. The number of benzene rings is 2. The van der Waals surface area contributed by atoms with Crippen molar-refractivity contribution in [2.75, 3.05) is 0 Å². The van der Waals surface area contributed by atoms with E-state index in [1.807, 2.05) is 48.5 Å². The highest BCUT2D eigenvalue weighted by atomic mass is 14.0. The van der Waals surface area contributed by atoms with Gasteiger partial charge in [-0.25, -0.2) is 0 Å². The molecule has 0 saturated carbocycles. The van der Waals surface area contributed by atoms with Gasteiger partial charge in [0.1, 0.15) is 0 Å². The number of fused-ring (bicyclic) bond motifs is 2. The van der Waals surface area contributed by atoms with E-state index in [2.05, 4.69) is 47.4 Å². The first-order valence-corrected chi connectivity index (χ1v) is 8.11. The maximum absolute atomic E-state index is 3.24. The maximum atomic E-state index is 3.24. The summed E-state index contributed by atoms with van der Waals surface area (Å²) in [4.78, 5) is 0. The van der Waals surface area contributed by atoms with E-state index in [-0.39, 0.29) is 0 Å². The van der Waals surface area contributed by atoms with Crippen molar-refractivity contribution in [3.63, 3.8) is 0 Å². The molecule has 0 spiro atoms. The van der Waals surface area contributed by atoms with E-state index in [0.717, 1.165) is 47.9 Å². The summed E-state index contributed by atoms with van der Waals surface area (Å²) >= 11 is 0. The minimum absolute atomic E-state index is 0.889. The number of hydrogen-bond acceptors (Lipinski definition) is 0. The summed E-state index contributed by atoms with van der Waals surface area (Å²) in [5.41, 5.74) is 3.80. The fourth-order valence-electron chi connectivity index (χ4n) is 2.34. The first kappa shape index (κ1) is 15.6. The second kappa shape index (κ2) is 8.35. The van der Waals surface area contributed by atoms with E-state index in [1.54, 1.807) is 0 Å². The van der Waals surface area contributed by atoms with Gasteiger partial charge >= 0.3 is 0 Å². The Morgan fingerprint density at radius 1 is 0.500 bits per heavy atom. The smallest absolute Gasteiger partial charge is 0.0412 e. The summed E-state index contributed by atoms with van der Waals surface area (Å²) in [6.07, 6.45) is 3.91. The molecule has 112 valence electrons. The van der Waals surface area contributed by atoms with Gasteiger partial charge in [-0.2, -0.15) is 0 Å². The molecule has 0 saturated heterocycles. The summed E-state index contributed by atoms with van der Waals surface area (Å²) in [5, 5.41) is 0. The second-order valence-electron chi connectivity index (χ2n) is 5.40. The van der Waals surface area contributed by atoms with Crippen molar-refractivity contribution in [3.05, 3.63) is 70.8 Å². The molecule has 0 heterocycles. The lowest BCUT2D eigenvalue weighted by Gasteiger charge is -1.96. The lowest BCUT2D eigenvalue weighted by molar-refractivity contribution is 0.782. The highest BCUT2D eigenvalue weighted by molar-refractivity contribution is 5.55. The Hall–Kier alpha value is -3.32. The van der Waals surface area contributed by atoms with Crippen LogP contribution in [0.2, 0.25) is 0 Å². The summed E-state index contributed by atoms with van der Waals surface area (Å²) < 4.78 is 0. The van der Waals surface area contributed by atoms with Crippen molar-refractivity contribution in [2.24, 2.45) is 0 Å². The van der Waals surface area contributed by atoms with Crippen LogP contribution in [0.25, 0.3) is 0 Å². The highest BCUT2D eigenvalue weighted by Gasteiger charge is 1.95. The third kappa shape index (κ3) is 4.34. The van der Waals surface area contributed by atoms with Crippen molar-refractivity contribution in [1.29, 1.82) is 0 Å². The molecule has 0 aromatic heterocycles.